The lowest BCUT2D eigenvalue weighted by atomic mass is 10.1. The second-order valence-corrected chi connectivity index (χ2v) is 5.64. The summed E-state index contributed by atoms with van der Waals surface area (Å²) < 4.78 is 0. The average Bonchev–Trinajstić information content (AvgIpc) is 3.22. The van der Waals surface area contributed by atoms with Crippen molar-refractivity contribution in [3.05, 3.63) is 35.4 Å². The third-order valence-corrected chi connectivity index (χ3v) is 3.81. The van der Waals surface area contributed by atoms with Crippen molar-refractivity contribution in [3.8, 4) is 0 Å². The zero-order valence-electron chi connectivity index (χ0n) is 11.2. The second kappa shape index (κ2) is 6.15. The van der Waals surface area contributed by atoms with E-state index < -0.39 is 0 Å². The van der Waals surface area contributed by atoms with Crippen LogP contribution in [0.1, 0.15) is 48.5 Å². The molecule has 1 fully saturated rings. The summed E-state index contributed by atoms with van der Waals surface area (Å²) in [6.45, 7) is 2.11. The van der Waals surface area contributed by atoms with E-state index in [1.807, 2.05) is 0 Å². The molecule has 1 aliphatic rings. The van der Waals surface area contributed by atoms with Crippen LogP contribution >= 0.6 is 12.2 Å². The molecule has 1 aromatic rings. The van der Waals surface area contributed by atoms with Crippen molar-refractivity contribution in [1.82, 2.24) is 5.32 Å². The molecule has 0 spiro atoms. The van der Waals surface area contributed by atoms with Crippen molar-refractivity contribution in [2.75, 3.05) is 0 Å². The smallest absolute Gasteiger partial charge is 0.251 e. The van der Waals surface area contributed by atoms with Gasteiger partial charge in [0.1, 0.15) is 4.99 Å². The number of benzene rings is 1. The fraction of sp³-hybridized carbons (Fsp3) is 0.467. The molecule has 3 N–H and O–H groups in total. The first-order chi connectivity index (χ1) is 9.10. The Morgan fingerprint density at radius 1 is 1.37 bits per heavy atom. The van der Waals surface area contributed by atoms with Gasteiger partial charge >= 0.3 is 0 Å². The average molecular weight is 276 g/mol. The first-order valence-corrected chi connectivity index (χ1v) is 7.21. The van der Waals surface area contributed by atoms with Gasteiger partial charge < -0.3 is 11.1 Å². The summed E-state index contributed by atoms with van der Waals surface area (Å²) in [6, 6.07) is 7.41. The summed E-state index contributed by atoms with van der Waals surface area (Å²) in [5.41, 5.74) is 6.98. The molecule has 1 aromatic carbocycles. The zero-order chi connectivity index (χ0) is 13.8. The normalized spacial score (nSPS) is 15.8. The Balaban J connectivity index is 1.95. The lowest BCUT2D eigenvalue weighted by Gasteiger charge is -2.16. The molecule has 102 valence electrons. The molecule has 1 aliphatic carbocycles. The van der Waals surface area contributed by atoms with E-state index in [9.17, 15) is 4.79 Å². The summed E-state index contributed by atoms with van der Waals surface area (Å²) in [5, 5.41) is 3.10. The maximum Gasteiger partial charge on any atom is 0.251 e. The number of carbonyl (C=O) groups excluding carboxylic acids is 1. The molecule has 3 nitrogen and oxygen atoms in total. The molecule has 1 atom stereocenters. The molecule has 0 bridgehead atoms. The maximum absolute atomic E-state index is 12.1. The van der Waals surface area contributed by atoms with E-state index >= 15 is 0 Å². The minimum atomic E-state index is -0.0120. The van der Waals surface area contributed by atoms with Gasteiger partial charge in [-0.05, 0) is 30.9 Å². The van der Waals surface area contributed by atoms with E-state index in [4.69, 9.17) is 18.0 Å². The minimum Gasteiger partial charge on any atom is -0.389 e. The van der Waals surface area contributed by atoms with Crippen LogP contribution in [0.5, 0.6) is 0 Å². The highest BCUT2D eigenvalue weighted by Gasteiger charge is 2.25. The lowest BCUT2D eigenvalue weighted by Crippen LogP contribution is -2.34. The fourth-order valence-electron chi connectivity index (χ4n) is 2.14. The number of thiocarbonyl (C=S) groups is 1. The van der Waals surface area contributed by atoms with E-state index in [1.54, 1.807) is 24.3 Å². The number of rotatable bonds is 6. The second-order valence-electron chi connectivity index (χ2n) is 5.20. The van der Waals surface area contributed by atoms with Crippen LogP contribution in [0.3, 0.4) is 0 Å². The number of hydrogen-bond donors (Lipinski definition) is 2. The molecule has 0 aliphatic heterocycles. The number of carbonyl (C=O) groups is 1. The van der Waals surface area contributed by atoms with Crippen molar-refractivity contribution >= 4 is 23.1 Å². The van der Waals surface area contributed by atoms with Gasteiger partial charge in [-0.2, -0.15) is 0 Å². The molecule has 2 rings (SSSR count). The Kier molecular flexibility index (Phi) is 4.53. The van der Waals surface area contributed by atoms with E-state index in [2.05, 4.69) is 12.2 Å². The van der Waals surface area contributed by atoms with Gasteiger partial charge in [0.05, 0.1) is 0 Å². The van der Waals surface area contributed by atoms with Crippen molar-refractivity contribution in [2.45, 2.75) is 38.6 Å². The molecule has 0 aromatic heterocycles. The Bertz CT molecular complexity index is 466. The first kappa shape index (κ1) is 14.0. The van der Waals surface area contributed by atoms with Crippen LogP contribution in [0.15, 0.2) is 24.3 Å². The molecule has 4 heteroatoms. The maximum atomic E-state index is 12.1. The van der Waals surface area contributed by atoms with Gasteiger partial charge in [0, 0.05) is 17.2 Å². The fourth-order valence-corrected chi connectivity index (χ4v) is 2.27. The van der Waals surface area contributed by atoms with Crippen molar-refractivity contribution in [1.29, 1.82) is 0 Å². The molecular weight excluding hydrogens is 256 g/mol. The quantitative estimate of drug-likeness (QED) is 0.785. The summed E-state index contributed by atoms with van der Waals surface area (Å²) in [5.74, 6) is 0.809. The van der Waals surface area contributed by atoms with E-state index in [-0.39, 0.29) is 11.9 Å². The van der Waals surface area contributed by atoms with Crippen LogP contribution in [0.2, 0.25) is 0 Å². The molecule has 1 saturated carbocycles. The van der Waals surface area contributed by atoms with E-state index in [0.29, 0.717) is 10.6 Å². The highest BCUT2D eigenvalue weighted by molar-refractivity contribution is 7.80. The zero-order valence-corrected chi connectivity index (χ0v) is 12.0. The predicted octanol–water partition coefficient (Wildman–Crippen LogP) is 2.63. The van der Waals surface area contributed by atoms with Crippen molar-refractivity contribution in [2.24, 2.45) is 11.7 Å². The van der Waals surface area contributed by atoms with Crippen LogP contribution in [0, 0.1) is 5.92 Å². The van der Waals surface area contributed by atoms with E-state index in [1.165, 1.54) is 12.8 Å². The van der Waals surface area contributed by atoms with Crippen molar-refractivity contribution < 1.29 is 4.79 Å². The SMILES string of the molecule is CCC(CC1CC1)NC(=O)c1ccc(C(N)=S)cc1. The molecule has 19 heavy (non-hydrogen) atoms. The Labute approximate surface area is 119 Å². The summed E-state index contributed by atoms with van der Waals surface area (Å²) >= 11 is 4.89. The molecular formula is C15H20N2OS. The summed E-state index contributed by atoms with van der Waals surface area (Å²) in [4.78, 5) is 12.5. The topological polar surface area (TPSA) is 55.1 Å². The van der Waals surface area contributed by atoms with Crippen LogP contribution in [-0.2, 0) is 0 Å². The van der Waals surface area contributed by atoms with Gasteiger partial charge in [-0.1, -0.05) is 44.1 Å². The van der Waals surface area contributed by atoms with Gasteiger partial charge in [-0.15, -0.1) is 0 Å². The van der Waals surface area contributed by atoms with Gasteiger partial charge in [0.2, 0.25) is 0 Å². The summed E-state index contributed by atoms with van der Waals surface area (Å²) in [7, 11) is 0. The van der Waals surface area contributed by atoms with Crippen LogP contribution in [0.25, 0.3) is 0 Å². The van der Waals surface area contributed by atoms with Gasteiger partial charge in [0.25, 0.3) is 5.91 Å². The molecule has 1 amide bonds. The van der Waals surface area contributed by atoms with Crippen LogP contribution in [-0.4, -0.2) is 16.9 Å². The largest absolute Gasteiger partial charge is 0.389 e. The number of hydrogen-bond acceptors (Lipinski definition) is 2. The van der Waals surface area contributed by atoms with Gasteiger partial charge in [-0.3, -0.25) is 4.79 Å². The minimum absolute atomic E-state index is 0.0120. The Morgan fingerprint density at radius 2 is 1.95 bits per heavy atom. The molecule has 1 unspecified atom stereocenters. The Morgan fingerprint density at radius 3 is 2.42 bits per heavy atom. The first-order valence-electron chi connectivity index (χ1n) is 6.81. The van der Waals surface area contributed by atoms with Crippen LogP contribution in [0.4, 0.5) is 0 Å². The highest BCUT2D eigenvalue weighted by atomic mass is 32.1. The Hall–Kier alpha value is -1.42. The number of amides is 1. The third-order valence-electron chi connectivity index (χ3n) is 3.57. The lowest BCUT2D eigenvalue weighted by molar-refractivity contribution is 0.0932. The van der Waals surface area contributed by atoms with Crippen molar-refractivity contribution in [3.63, 3.8) is 0 Å². The van der Waals surface area contributed by atoms with Gasteiger partial charge in [-0.25, -0.2) is 0 Å². The predicted molar refractivity (Wildman–Crippen MR) is 81.2 cm³/mol. The van der Waals surface area contributed by atoms with Crippen LogP contribution < -0.4 is 11.1 Å². The molecule has 0 heterocycles. The van der Waals surface area contributed by atoms with Gasteiger partial charge in [0.15, 0.2) is 0 Å². The number of nitrogens with two attached hydrogens (primary N) is 1. The van der Waals surface area contributed by atoms with E-state index in [0.717, 1.165) is 24.3 Å². The highest BCUT2D eigenvalue weighted by Crippen LogP contribution is 2.34. The molecule has 0 radical (unpaired) electrons. The standard InChI is InChI=1S/C15H20N2OS/c1-2-13(9-10-3-4-10)17-15(18)12-7-5-11(6-8-12)14(16)19/h5-8,10,13H,2-4,9H2,1H3,(H2,16,19)(H,17,18). The number of nitrogens with one attached hydrogen (secondary N) is 1. The monoisotopic (exact) mass is 276 g/mol. The third kappa shape index (κ3) is 4.03. The summed E-state index contributed by atoms with van der Waals surface area (Å²) in [6.07, 6.45) is 4.71. The molecule has 0 saturated heterocycles.